The van der Waals surface area contributed by atoms with Crippen LogP contribution < -0.4 is 5.32 Å². The summed E-state index contributed by atoms with van der Waals surface area (Å²) in [6, 6.07) is 10.2. The lowest BCUT2D eigenvalue weighted by Gasteiger charge is -2.33. The van der Waals surface area contributed by atoms with Gasteiger partial charge in [0.15, 0.2) is 0 Å². The Kier molecular flexibility index (Phi) is 3.40. The molecule has 2 atom stereocenters. The van der Waals surface area contributed by atoms with Crippen molar-refractivity contribution in [2.24, 2.45) is 0 Å². The highest BCUT2D eigenvalue weighted by Gasteiger charge is 2.30. The van der Waals surface area contributed by atoms with Gasteiger partial charge in [-0.3, -0.25) is 0 Å². The van der Waals surface area contributed by atoms with Crippen LogP contribution in [-0.2, 0) is 6.42 Å². The molecule has 2 nitrogen and oxygen atoms in total. The zero-order chi connectivity index (χ0) is 12.5. The number of likely N-dealkylation sites (tertiary alicyclic amines) is 1. The van der Waals surface area contributed by atoms with Gasteiger partial charge in [0.05, 0.1) is 0 Å². The summed E-state index contributed by atoms with van der Waals surface area (Å²) in [5.74, 6) is 0.791. The number of fused-ring (bicyclic) bond motifs is 1. The van der Waals surface area contributed by atoms with E-state index in [2.05, 4.69) is 48.3 Å². The molecule has 1 aromatic rings. The summed E-state index contributed by atoms with van der Waals surface area (Å²) in [4.78, 5) is 2.64. The molecule has 1 aromatic carbocycles. The molecule has 2 aliphatic rings. The van der Waals surface area contributed by atoms with Crippen molar-refractivity contribution in [1.82, 2.24) is 10.2 Å². The maximum Gasteiger partial charge on any atom is 0.0209 e. The van der Waals surface area contributed by atoms with Crippen LogP contribution in [0.25, 0.3) is 0 Å². The molecule has 0 bridgehead atoms. The zero-order valence-electron chi connectivity index (χ0n) is 11.5. The first kappa shape index (κ1) is 12.2. The van der Waals surface area contributed by atoms with E-state index in [0.29, 0.717) is 12.1 Å². The van der Waals surface area contributed by atoms with Crippen LogP contribution >= 0.6 is 0 Å². The molecular formula is C16H24N2. The molecule has 0 saturated carbocycles. The van der Waals surface area contributed by atoms with Crippen LogP contribution in [0.3, 0.4) is 0 Å². The monoisotopic (exact) mass is 244 g/mol. The van der Waals surface area contributed by atoms with E-state index in [4.69, 9.17) is 0 Å². The first-order chi connectivity index (χ1) is 8.72. The summed E-state index contributed by atoms with van der Waals surface area (Å²) in [5.41, 5.74) is 3.16. The van der Waals surface area contributed by atoms with Gasteiger partial charge in [-0.1, -0.05) is 38.1 Å². The molecule has 0 aromatic heterocycles. The fraction of sp³-hybridized carbons (Fsp3) is 0.625. The molecule has 1 saturated heterocycles. The second-order valence-corrected chi connectivity index (χ2v) is 6.17. The Labute approximate surface area is 110 Å². The second-order valence-electron chi connectivity index (χ2n) is 6.17. The third-order valence-electron chi connectivity index (χ3n) is 4.28. The SMILES string of the molecule is CC(C)NC1CCN(CC2Cc3ccccc32)C1. The van der Waals surface area contributed by atoms with Gasteiger partial charge in [-0.25, -0.2) is 0 Å². The maximum atomic E-state index is 3.66. The number of nitrogens with zero attached hydrogens (tertiary/aromatic N) is 1. The number of benzene rings is 1. The van der Waals surface area contributed by atoms with Gasteiger partial charge in [-0.2, -0.15) is 0 Å². The largest absolute Gasteiger partial charge is 0.310 e. The maximum absolute atomic E-state index is 3.66. The van der Waals surface area contributed by atoms with Crippen LogP contribution in [0.15, 0.2) is 24.3 Å². The molecule has 98 valence electrons. The van der Waals surface area contributed by atoms with Crippen LogP contribution in [0.5, 0.6) is 0 Å². The van der Waals surface area contributed by atoms with Crippen molar-refractivity contribution in [2.75, 3.05) is 19.6 Å². The van der Waals surface area contributed by atoms with Crippen LogP contribution in [0, 0.1) is 0 Å². The number of nitrogens with one attached hydrogen (secondary N) is 1. The molecule has 2 unspecified atom stereocenters. The minimum Gasteiger partial charge on any atom is -0.310 e. The van der Waals surface area contributed by atoms with Crippen LogP contribution in [0.1, 0.15) is 37.3 Å². The summed E-state index contributed by atoms with van der Waals surface area (Å²) in [6.07, 6.45) is 2.60. The molecule has 1 aliphatic carbocycles. The first-order valence-electron chi connectivity index (χ1n) is 7.28. The van der Waals surface area contributed by atoms with Gasteiger partial charge < -0.3 is 10.2 Å². The smallest absolute Gasteiger partial charge is 0.0209 e. The summed E-state index contributed by atoms with van der Waals surface area (Å²) >= 11 is 0. The molecule has 1 N–H and O–H groups in total. The van der Waals surface area contributed by atoms with Gasteiger partial charge in [-0.05, 0) is 30.5 Å². The van der Waals surface area contributed by atoms with E-state index in [0.717, 1.165) is 5.92 Å². The van der Waals surface area contributed by atoms with Crippen molar-refractivity contribution in [3.63, 3.8) is 0 Å². The molecule has 18 heavy (non-hydrogen) atoms. The summed E-state index contributed by atoms with van der Waals surface area (Å²) in [7, 11) is 0. The molecule has 1 fully saturated rings. The van der Waals surface area contributed by atoms with E-state index in [9.17, 15) is 0 Å². The molecule has 0 amide bonds. The lowest BCUT2D eigenvalue weighted by Crippen LogP contribution is -2.38. The highest BCUT2D eigenvalue weighted by Crippen LogP contribution is 2.35. The predicted octanol–water partition coefficient (Wildman–Crippen LogP) is 2.40. The van der Waals surface area contributed by atoms with Crippen molar-refractivity contribution in [3.8, 4) is 0 Å². The van der Waals surface area contributed by atoms with Crippen molar-refractivity contribution in [2.45, 2.75) is 44.7 Å². The fourth-order valence-corrected chi connectivity index (χ4v) is 3.44. The summed E-state index contributed by atoms with van der Waals surface area (Å²) < 4.78 is 0. The van der Waals surface area contributed by atoms with Gasteiger partial charge in [0.1, 0.15) is 0 Å². The Morgan fingerprint density at radius 3 is 2.94 bits per heavy atom. The van der Waals surface area contributed by atoms with Gasteiger partial charge in [0.2, 0.25) is 0 Å². The number of rotatable bonds is 4. The standard InChI is InChI=1S/C16H24N2/c1-12(2)17-15-7-8-18(11-15)10-14-9-13-5-3-4-6-16(13)14/h3-6,12,14-15,17H,7-11H2,1-2H3. The van der Waals surface area contributed by atoms with Crippen molar-refractivity contribution < 1.29 is 0 Å². The quantitative estimate of drug-likeness (QED) is 0.875. The van der Waals surface area contributed by atoms with Gasteiger partial charge in [-0.15, -0.1) is 0 Å². The lowest BCUT2D eigenvalue weighted by molar-refractivity contribution is 0.291. The van der Waals surface area contributed by atoms with E-state index >= 15 is 0 Å². The van der Waals surface area contributed by atoms with Gasteiger partial charge >= 0.3 is 0 Å². The molecule has 1 aliphatic heterocycles. The minimum atomic E-state index is 0.611. The van der Waals surface area contributed by atoms with E-state index in [1.165, 1.54) is 32.5 Å². The highest BCUT2D eigenvalue weighted by molar-refractivity contribution is 5.40. The first-order valence-corrected chi connectivity index (χ1v) is 7.28. The highest BCUT2D eigenvalue weighted by atomic mass is 15.2. The molecule has 3 rings (SSSR count). The van der Waals surface area contributed by atoms with Crippen LogP contribution in [0.4, 0.5) is 0 Å². The molecular weight excluding hydrogens is 220 g/mol. The van der Waals surface area contributed by atoms with Crippen LogP contribution in [0.2, 0.25) is 0 Å². The Morgan fingerprint density at radius 2 is 2.17 bits per heavy atom. The van der Waals surface area contributed by atoms with Crippen molar-refractivity contribution in [3.05, 3.63) is 35.4 Å². The minimum absolute atomic E-state index is 0.611. The van der Waals surface area contributed by atoms with E-state index in [-0.39, 0.29) is 0 Å². The number of hydrogen-bond donors (Lipinski definition) is 1. The van der Waals surface area contributed by atoms with Gasteiger partial charge in [0.25, 0.3) is 0 Å². The third kappa shape index (κ3) is 2.45. The fourth-order valence-electron chi connectivity index (χ4n) is 3.44. The molecule has 1 heterocycles. The van der Waals surface area contributed by atoms with E-state index in [1.54, 1.807) is 11.1 Å². The Hall–Kier alpha value is -0.860. The van der Waals surface area contributed by atoms with Crippen LogP contribution in [-0.4, -0.2) is 36.6 Å². The number of hydrogen-bond acceptors (Lipinski definition) is 2. The summed E-state index contributed by atoms with van der Waals surface area (Å²) in [6.45, 7) is 8.24. The molecule has 0 spiro atoms. The normalized spacial score (nSPS) is 27.3. The van der Waals surface area contributed by atoms with Gasteiger partial charge in [0, 0.05) is 31.1 Å². The second kappa shape index (κ2) is 5.02. The predicted molar refractivity (Wildman–Crippen MR) is 76.0 cm³/mol. The topological polar surface area (TPSA) is 15.3 Å². The van der Waals surface area contributed by atoms with Crippen molar-refractivity contribution >= 4 is 0 Å². The Balaban J connectivity index is 1.51. The molecule has 2 heteroatoms. The van der Waals surface area contributed by atoms with Crippen molar-refractivity contribution in [1.29, 1.82) is 0 Å². The average molecular weight is 244 g/mol. The average Bonchev–Trinajstić information content (AvgIpc) is 2.73. The zero-order valence-corrected chi connectivity index (χ0v) is 11.5. The van der Waals surface area contributed by atoms with E-state index in [1.807, 2.05) is 0 Å². The third-order valence-corrected chi connectivity index (χ3v) is 4.28. The Morgan fingerprint density at radius 1 is 1.33 bits per heavy atom. The lowest BCUT2D eigenvalue weighted by atomic mass is 9.77. The summed E-state index contributed by atoms with van der Waals surface area (Å²) in [5, 5.41) is 3.66. The molecule has 0 radical (unpaired) electrons. The van der Waals surface area contributed by atoms with E-state index < -0.39 is 0 Å². The Bertz CT molecular complexity index is 413.